The van der Waals surface area contributed by atoms with Crippen molar-refractivity contribution in [1.82, 2.24) is 14.7 Å². The topological polar surface area (TPSA) is 68.4 Å². The number of amides is 2. The van der Waals surface area contributed by atoms with Crippen LogP contribution in [0, 0.1) is 5.82 Å². The van der Waals surface area contributed by atoms with Gasteiger partial charge in [-0.2, -0.15) is 0 Å². The van der Waals surface area contributed by atoms with Crippen molar-refractivity contribution >= 4 is 40.5 Å². The van der Waals surface area contributed by atoms with Crippen LogP contribution in [-0.2, 0) is 9.59 Å². The van der Waals surface area contributed by atoms with Crippen LogP contribution in [0.25, 0.3) is 0 Å². The molecule has 2 amide bonds. The van der Waals surface area contributed by atoms with E-state index in [-0.39, 0.29) is 24.1 Å². The van der Waals surface area contributed by atoms with Gasteiger partial charge in [-0.1, -0.05) is 13.0 Å². The molecule has 37 heavy (non-hydrogen) atoms. The number of carbonyl (C=O) groups excluding carboxylic acids is 2. The monoisotopic (exact) mass is 527 g/mol. The average Bonchev–Trinajstić information content (AvgIpc) is 3.14. The molecule has 2 heterocycles. The van der Waals surface area contributed by atoms with Gasteiger partial charge in [-0.25, -0.2) is 4.39 Å². The van der Waals surface area contributed by atoms with Crippen molar-refractivity contribution in [1.29, 1.82) is 0 Å². The van der Waals surface area contributed by atoms with Crippen LogP contribution < -0.4 is 15.0 Å². The van der Waals surface area contributed by atoms with Crippen LogP contribution in [-0.4, -0.2) is 90.6 Å². The van der Waals surface area contributed by atoms with Gasteiger partial charge in [0, 0.05) is 44.5 Å². The summed E-state index contributed by atoms with van der Waals surface area (Å²) in [6, 6.07) is 12.0. The van der Waals surface area contributed by atoms with E-state index in [1.807, 2.05) is 4.90 Å². The maximum Gasteiger partial charge on any atom is 0.256 e. The molecular formula is C27H34FN5O3S. The summed E-state index contributed by atoms with van der Waals surface area (Å²) in [4.78, 5) is 34.7. The Morgan fingerprint density at radius 2 is 1.78 bits per heavy atom. The van der Waals surface area contributed by atoms with Crippen molar-refractivity contribution in [3.05, 3.63) is 54.3 Å². The Labute approximate surface area is 223 Å². The third-order valence-corrected chi connectivity index (χ3v) is 7.34. The zero-order valence-corrected chi connectivity index (χ0v) is 22.2. The maximum absolute atomic E-state index is 13.6. The minimum atomic E-state index is -0.726. The van der Waals surface area contributed by atoms with E-state index in [1.54, 1.807) is 31.4 Å². The molecular weight excluding hydrogens is 493 g/mol. The number of anilines is 2. The van der Waals surface area contributed by atoms with Crippen LogP contribution in [0.3, 0.4) is 0 Å². The Hall–Kier alpha value is -3.08. The van der Waals surface area contributed by atoms with Gasteiger partial charge in [0.15, 0.2) is 5.11 Å². The Morgan fingerprint density at radius 1 is 1.08 bits per heavy atom. The number of nitrogens with one attached hydrogen (secondary N) is 1. The highest BCUT2D eigenvalue weighted by Gasteiger charge is 2.44. The Balaban J connectivity index is 1.46. The lowest BCUT2D eigenvalue weighted by atomic mass is 10.1. The maximum atomic E-state index is 13.6. The Morgan fingerprint density at radius 3 is 2.46 bits per heavy atom. The smallest absolute Gasteiger partial charge is 0.256 e. The Bertz CT molecular complexity index is 1110. The molecule has 4 rings (SSSR count). The zero-order valence-electron chi connectivity index (χ0n) is 21.4. The van der Waals surface area contributed by atoms with Crippen LogP contribution >= 0.6 is 12.2 Å². The lowest BCUT2D eigenvalue weighted by Crippen LogP contribution is -2.47. The second-order valence-corrected chi connectivity index (χ2v) is 9.62. The van der Waals surface area contributed by atoms with Crippen molar-refractivity contribution in [2.45, 2.75) is 25.8 Å². The molecule has 2 aromatic carbocycles. The lowest BCUT2D eigenvalue weighted by molar-refractivity contribution is -0.124. The summed E-state index contributed by atoms with van der Waals surface area (Å²) in [6.45, 7) is 8.89. The van der Waals surface area contributed by atoms with Gasteiger partial charge >= 0.3 is 0 Å². The number of piperazine rings is 1. The number of hydrogen-bond donors (Lipinski definition) is 1. The lowest BCUT2D eigenvalue weighted by Gasteiger charge is -2.34. The number of likely N-dealkylation sites (N-methyl/N-ethyl adjacent to an activating group) is 1. The number of thiocarbonyl (C=S) groups is 1. The molecule has 1 atom stereocenters. The van der Waals surface area contributed by atoms with E-state index in [4.69, 9.17) is 17.0 Å². The number of halogens is 1. The number of ether oxygens (including phenoxy) is 1. The summed E-state index contributed by atoms with van der Waals surface area (Å²) in [6.07, 6.45) is 0.758. The average molecular weight is 528 g/mol. The molecule has 2 saturated heterocycles. The van der Waals surface area contributed by atoms with E-state index in [9.17, 15) is 14.0 Å². The molecule has 2 aliphatic heterocycles. The van der Waals surface area contributed by atoms with Gasteiger partial charge < -0.3 is 24.8 Å². The van der Waals surface area contributed by atoms with Crippen molar-refractivity contribution < 1.29 is 18.7 Å². The highest BCUT2D eigenvalue weighted by atomic mass is 32.1. The van der Waals surface area contributed by atoms with Gasteiger partial charge in [0.2, 0.25) is 5.91 Å². The first-order valence-electron chi connectivity index (χ1n) is 12.7. The highest BCUT2D eigenvalue weighted by molar-refractivity contribution is 7.80. The van der Waals surface area contributed by atoms with Crippen molar-refractivity contribution in [2.24, 2.45) is 0 Å². The summed E-state index contributed by atoms with van der Waals surface area (Å²) < 4.78 is 18.6. The number of hydrogen-bond acceptors (Lipinski definition) is 6. The fourth-order valence-corrected chi connectivity index (χ4v) is 5.20. The highest BCUT2D eigenvalue weighted by Crippen LogP contribution is 2.30. The van der Waals surface area contributed by atoms with E-state index in [2.05, 4.69) is 22.0 Å². The zero-order chi connectivity index (χ0) is 26.4. The second kappa shape index (κ2) is 12.4. The molecule has 1 N–H and O–H groups in total. The third-order valence-electron chi connectivity index (χ3n) is 6.92. The van der Waals surface area contributed by atoms with Crippen LogP contribution in [0.15, 0.2) is 48.5 Å². The van der Waals surface area contributed by atoms with E-state index in [1.165, 1.54) is 29.2 Å². The molecule has 8 nitrogen and oxygen atoms in total. The summed E-state index contributed by atoms with van der Waals surface area (Å²) >= 11 is 5.77. The first kappa shape index (κ1) is 27.0. The fourth-order valence-electron chi connectivity index (χ4n) is 4.79. The van der Waals surface area contributed by atoms with Gasteiger partial charge in [0.1, 0.15) is 17.6 Å². The number of rotatable bonds is 10. The van der Waals surface area contributed by atoms with Gasteiger partial charge in [0.25, 0.3) is 5.91 Å². The van der Waals surface area contributed by atoms with Crippen LogP contribution in [0.4, 0.5) is 15.8 Å². The van der Waals surface area contributed by atoms with Crippen LogP contribution in [0.1, 0.15) is 19.8 Å². The molecule has 0 spiro atoms. The molecule has 0 aliphatic carbocycles. The van der Waals surface area contributed by atoms with Crippen molar-refractivity contribution in [3.63, 3.8) is 0 Å². The summed E-state index contributed by atoms with van der Waals surface area (Å²) in [7, 11) is 1.57. The van der Waals surface area contributed by atoms with E-state index in [0.29, 0.717) is 28.8 Å². The van der Waals surface area contributed by atoms with Gasteiger partial charge in [-0.15, -0.1) is 0 Å². The predicted octanol–water partition coefficient (Wildman–Crippen LogP) is 3.19. The molecule has 0 radical (unpaired) electrons. The first-order chi connectivity index (χ1) is 17.9. The first-order valence-corrected chi connectivity index (χ1v) is 13.1. The Kier molecular flexibility index (Phi) is 9.07. The van der Waals surface area contributed by atoms with Crippen LogP contribution in [0.2, 0.25) is 0 Å². The largest absolute Gasteiger partial charge is 0.497 e. The summed E-state index contributed by atoms with van der Waals surface area (Å²) in [5, 5.41) is 3.15. The summed E-state index contributed by atoms with van der Waals surface area (Å²) in [5.74, 6) is -0.348. The molecule has 2 fully saturated rings. The second-order valence-electron chi connectivity index (χ2n) is 9.26. The summed E-state index contributed by atoms with van der Waals surface area (Å²) in [5.41, 5.74) is 1.08. The van der Waals surface area contributed by atoms with E-state index >= 15 is 0 Å². The fraction of sp³-hybridized carbons (Fsp3) is 0.444. The molecule has 2 aliphatic rings. The standard InChI is InChI=1S/C27H34FN5O3S/c1-3-30-14-16-31(17-15-30)12-5-13-32-24(19-25(34)29-21-10-8-20(28)9-11-21)26(35)33(27(32)37)22-6-4-7-23(18-22)36-2/h4,6-11,18,24H,3,5,12-17,19H2,1-2H3,(H,29,34). The van der Waals surface area contributed by atoms with Gasteiger partial charge in [-0.3, -0.25) is 14.5 Å². The number of nitrogens with zero attached hydrogens (tertiary/aromatic N) is 4. The molecule has 0 saturated carbocycles. The molecule has 198 valence electrons. The van der Waals surface area contributed by atoms with E-state index < -0.39 is 6.04 Å². The van der Waals surface area contributed by atoms with Gasteiger partial charge in [0.05, 0.1) is 19.2 Å². The quantitative estimate of drug-likeness (QED) is 0.476. The predicted molar refractivity (Wildman–Crippen MR) is 146 cm³/mol. The molecule has 0 bridgehead atoms. The van der Waals surface area contributed by atoms with Crippen LogP contribution in [0.5, 0.6) is 5.75 Å². The number of benzene rings is 2. The molecule has 0 aromatic heterocycles. The SMILES string of the molecule is CCN1CCN(CCCN2C(=S)N(c3cccc(OC)c3)C(=O)C2CC(=O)Nc2ccc(F)cc2)CC1. The van der Waals surface area contributed by atoms with E-state index in [0.717, 1.165) is 45.7 Å². The molecule has 2 aromatic rings. The van der Waals surface area contributed by atoms with Crippen molar-refractivity contribution in [3.8, 4) is 5.75 Å². The number of methoxy groups -OCH3 is 1. The minimum Gasteiger partial charge on any atom is -0.497 e. The number of carbonyl (C=O) groups is 2. The minimum absolute atomic E-state index is 0.0635. The normalized spacial score (nSPS) is 18.9. The van der Waals surface area contributed by atoms with Crippen molar-refractivity contribution in [2.75, 3.05) is 63.1 Å². The third kappa shape index (κ3) is 6.63. The molecule has 1 unspecified atom stereocenters. The molecule has 10 heteroatoms. The van der Waals surface area contributed by atoms with Gasteiger partial charge in [-0.05, 0) is 68.1 Å².